The summed E-state index contributed by atoms with van der Waals surface area (Å²) in [6, 6.07) is 16.0. The summed E-state index contributed by atoms with van der Waals surface area (Å²) in [5.41, 5.74) is 2.23. The molecular formula is C20H24O4. The highest BCUT2D eigenvalue weighted by Crippen LogP contribution is 2.47. The summed E-state index contributed by atoms with van der Waals surface area (Å²) in [5, 5.41) is 0. The van der Waals surface area contributed by atoms with Crippen LogP contribution in [-0.4, -0.2) is 14.2 Å². The standard InChI is InChI=1S/C20H24O4/c1-4-5-18-19(14-6-10-16(21-2)11-7-14)23-24-20(18)15-8-12-17(22-3)13-9-15/h6-13,18-20H,4-5H2,1-3H3/t19-,20-/m1/s1. The minimum absolute atomic E-state index is 0.0667. The van der Waals surface area contributed by atoms with Gasteiger partial charge in [-0.25, -0.2) is 9.78 Å². The van der Waals surface area contributed by atoms with Crippen molar-refractivity contribution in [1.82, 2.24) is 0 Å². The molecule has 24 heavy (non-hydrogen) atoms. The van der Waals surface area contributed by atoms with E-state index < -0.39 is 0 Å². The van der Waals surface area contributed by atoms with Crippen molar-refractivity contribution in [2.24, 2.45) is 5.92 Å². The number of hydrogen-bond donors (Lipinski definition) is 0. The van der Waals surface area contributed by atoms with E-state index in [1.165, 1.54) is 0 Å². The molecule has 4 nitrogen and oxygen atoms in total. The van der Waals surface area contributed by atoms with Gasteiger partial charge in [-0.15, -0.1) is 0 Å². The molecule has 0 saturated carbocycles. The van der Waals surface area contributed by atoms with Crippen molar-refractivity contribution in [3.63, 3.8) is 0 Å². The van der Waals surface area contributed by atoms with Gasteiger partial charge < -0.3 is 9.47 Å². The van der Waals surface area contributed by atoms with Crippen molar-refractivity contribution < 1.29 is 19.2 Å². The SMILES string of the molecule is CCCC1[C@@H](c2ccc(OC)cc2)OO[C@@H]1c1ccc(OC)cc1. The van der Waals surface area contributed by atoms with Crippen molar-refractivity contribution in [3.8, 4) is 11.5 Å². The average Bonchev–Trinajstić information content (AvgIpc) is 3.06. The summed E-state index contributed by atoms with van der Waals surface area (Å²) in [7, 11) is 3.34. The molecule has 0 bridgehead atoms. The van der Waals surface area contributed by atoms with E-state index in [2.05, 4.69) is 6.92 Å². The van der Waals surface area contributed by atoms with E-state index in [0.717, 1.165) is 35.5 Å². The van der Waals surface area contributed by atoms with Crippen LogP contribution in [0.25, 0.3) is 0 Å². The third-order valence-electron chi connectivity index (χ3n) is 4.55. The molecule has 1 heterocycles. The molecule has 0 amide bonds. The molecule has 1 aliphatic heterocycles. The van der Waals surface area contributed by atoms with Crippen LogP contribution in [0.5, 0.6) is 11.5 Å². The van der Waals surface area contributed by atoms with Crippen LogP contribution in [-0.2, 0) is 9.78 Å². The zero-order valence-electron chi connectivity index (χ0n) is 14.4. The minimum atomic E-state index is -0.0667. The summed E-state index contributed by atoms with van der Waals surface area (Å²) in [4.78, 5) is 11.5. The Labute approximate surface area is 143 Å². The Morgan fingerprint density at radius 1 is 0.750 bits per heavy atom. The Bertz CT molecular complexity index is 580. The van der Waals surface area contributed by atoms with Crippen LogP contribution in [0.4, 0.5) is 0 Å². The molecule has 128 valence electrons. The molecular weight excluding hydrogens is 304 g/mol. The van der Waals surface area contributed by atoms with Gasteiger partial charge in [-0.1, -0.05) is 37.6 Å². The van der Waals surface area contributed by atoms with Crippen LogP contribution in [0.1, 0.15) is 43.1 Å². The first kappa shape index (κ1) is 16.8. The van der Waals surface area contributed by atoms with E-state index in [1.54, 1.807) is 14.2 Å². The van der Waals surface area contributed by atoms with Crippen LogP contribution in [0.2, 0.25) is 0 Å². The van der Waals surface area contributed by atoms with Gasteiger partial charge in [-0.2, -0.15) is 0 Å². The topological polar surface area (TPSA) is 36.9 Å². The van der Waals surface area contributed by atoms with Crippen LogP contribution in [0.3, 0.4) is 0 Å². The quantitative estimate of drug-likeness (QED) is 0.709. The maximum atomic E-state index is 5.73. The maximum Gasteiger partial charge on any atom is 0.124 e. The van der Waals surface area contributed by atoms with Gasteiger partial charge in [0.25, 0.3) is 0 Å². The zero-order chi connectivity index (χ0) is 16.9. The second-order valence-corrected chi connectivity index (χ2v) is 6.03. The van der Waals surface area contributed by atoms with Crippen molar-refractivity contribution in [1.29, 1.82) is 0 Å². The predicted molar refractivity (Wildman–Crippen MR) is 92.0 cm³/mol. The summed E-state index contributed by atoms with van der Waals surface area (Å²) >= 11 is 0. The van der Waals surface area contributed by atoms with E-state index in [9.17, 15) is 0 Å². The van der Waals surface area contributed by atoms with Gasteiger partial charge in [0.2, 0.25) is 0 Å². The molecule has 0 radical (unpaired) electrons. The van der Waals surface area contributed by atoms with Crippen molar-refractivity contribution >= 4 is 0 Å². The maximum absolute atomic E-state index is 5.73. The number of hydrogen-bond acceptors (Lipinski definition) is 4. The van der Waals surface area contributed by atoms with Crippen LogP contribution < -0.4 is 9.47 Å². The lowest BCUT2D eigenvalue weighted by Gasteiger charge is -2.20. The monoisotopic (exact) mass is 328 g/mol. The van der Waals surface area contributed by atoms with Gasteiger partial charge >= 0.3 is 0 Å². The highest BCUT2D eigenvalue weighted by Gasteiger charge is 2.40. The second kappa shape index (κ2) is 7.69. The number of rotatable bonds is 6. The first-order valence-electron chi connectivity index (χ1n) is 8.36. The molecule has 2 aromatic rings. The molecule has 1 saturated heterocycles. The largest absolute Gasteiger partial charge is 0.497 e. The van der Waals surface area contributed by atoms with Gasteiger partial charge in [-0.05, 0) is 41.8 Å². The molecule has 2 aromatic carbocycles. The van der Waals surface area contributed by atoms with Gasteiger partial charge in [0.15, 0.2) is 0 Å². The Balaban J connectivity index is 1.83. The molecule has 1 aliphatic rings. The van der Waals surface area contributed by atoms with Gasteiger partial charge in [0.1, 0.15) is 23.7 Å². The summed E-state index contributed by atoms with van der Waals surface area (Å²) in [5.74, 6) is 1.96. The van der Waals surface area contributed by atoms with E-state index in [-0.39, 0.29) is 18.1 Å². The molecule has 0 spiro atoms. The van der Waals surface area contributed by atoms with Crippen LogP contribution in [0.15, 0.2) is 48.5 Å². The van der Waals surface area contributed by atoms with Crippen molar-refractivity contribution in [2.45, 2.75) is 32.0 Å². The lowest BCUT2D eigenvalue weighted by molar-refractivity contribution is -0.300. The fraction of sp³-hybridized carbons (Fsp3) is 0.400. The average molecular weight is 328 g/mol. The van der Waals surface area contributed by atoms with E-state index in [4.69, 9.17) is 19.2 Å². The second-order valence-electron chi connectivity index (χ2n) is 6.03. The third kappa shape index (κ3) is 3.40. The first-order valence-corrected chi connectivity index (χ1v) is 8.36. The van der Waals surface area contributed by atoms with E-state index in [0.29, 0.717) is 0 Å². The predicted octanol–water partition coefficient (Wildman–Crippen LogP) is 4.86. The lowest BCUT2D eigenvalue weighted by Crippen LogP contribution is -2.13. The summed E-state index contributed by atoms with van der Waals surface area (Å²) < 4.78 is 10.5. The molecule has 0 N–H and O–H groups in total. The Morgan fingerprint density at radius 3 is 1.50 bits per heavy atom. The molecule has 0 unspecified atom stereocenters. The zero-order valence-corrected chi connectivity index (χ0v) is 14.4. The molecule has 0 aromatic heterocycles. The van der Waals surface area contributed by atoms with Gasteiger partial charge in [0.05, 0.1) is 14.2 Å². The highest BCUT2D eigenvalue weighted by atomic mass is 17.2. The normalized spacial score (nSPS) is 21.0. The van der Waals surface area contributed by atoms with E-state index >= 15 is 0 Å². The van der Waals surface area contributed by atoms with Gasteiger partial charge in [-0.3, -0.25) is 0 Å². The molecule has 0 aliphatic carbocycles. The first-order chi connectivity index (χ1) is 11.8. The number of benzene rings is 2. The number of ether oxygens (including phenoxy) is 2. The Hall–Kier alpha value is -2.04. The molecule has 4 heteroatoms. The summed E-state index contributed by atoms with van der Waals surface area (Å²) in [6.07, 6.45) is 1.98. The Morgan fingerprint density at radius 2 is 1.17 bits per heavy atom. The molecule has 3 rings (SSSR count). The summed E-state index contributed by atoms with van der Waals surface area (Å²) in [6.45, 7) is 2.19. The van der Waals surface area contributed by atoms with Gasteiger partial charge in [0, 0.05) is 5.92 Å². The molecule has 2 atom stereocenters. The Kier molecular flexibility index (Phi) is 5.38. The van der Waals surface area contributed by atoms with E-state index in [1.807, 2.05) is 48.5 Å². The van der Waals surface area contributed by atoms with Crippen molar-refractivity contribution in [3.05, 3.63) is 59.7 Å². The fourth-order valence-electron chi connectivity index (χ4n) is 3.25. The van der Waals surface area contributed by atoms with Crippen molar-refractivity contribution in [2.75, 3.05) is 14.2 Å². The van der Waals surface area contributed by atoms with Crippen LogP contribution >= 0.6 is 0 Å². The smallest absolute Gasteiger partial charge is 0.124 e. The van der Waals surface area contributed by atoms with Crippen LogP contribution in [0, 0.1) is 5.92 Å². The highest BCUT2D eigenvalue weighted by molar-refractivity contribution is 5.32. The fourth-order valence-corrected chi connectivity index (χ4v) is 3.25. The minimum Gasteiger partial charge on any atom is -0.497 e. The third-order valence-corrected chi connectivity index (χ3v) is 4.55. The lowest BCUT2D eigenvalue weighted by atomic mass is 9.85. The molecule has 1 fully saturated rings. The number of methoxy groups -OCH3 is 2.